The zero-order valence-corrected chi connectivity index (χ0v) is 7.57. The highest BCUT2D eigenvalue weighted by molar-refractivity contribution is 5.85. The molecule has 3 fully saturated rings. The van der Waals surface area contributed by atoms with Crippen LogP contribution in [0.15, 0.2) is 0 Å². The lowest BCUT2D eigenvalue weighted by Crippen LogP contribution is -2.19. The first kappa shape index (κ1) is 7.88. The molecule has 0 amide bonds. The number of fused-ring (bicyclic) bond motifs is 5. The lowest BCUT2D eigenvalue weighted by molar-refractivity contribution is 0.281. The van der Waals surface area contributed by atoms with Gasteiger partial charge in [0.1, 0.15) is 0 Å². The van der Waals surface area contributed by atoms with E-state index in [0.29, 0.717) is 0 Å². The third-order valence-electron chi connectivity index (χ3n) is 4.03. The second kappa shape index (κ2) is 2.63. The monoisotopic (exact) mass is 173 g/mol. The van der Waals surface area contributed by atoms with E-state index in [2.05, 4.69) is 5.32 Å². The van der Waals surface area contributed by atoms with E-state index in [1.165, 1.54) is 13.1 Å². The Kier molecular flexibility index (Phi) is 1.89. The molecule has 1 heterocycles. The Balaban J connectivity index is 0.000000480. The van der Waals surface area contributed by atoms with Crippen LogP contribution < -0.4 is 5.32 Å². The Morgan fingerprint density at radius 3 is 2.00 bits per heavy atom. The zero-order valence-electron chi connectivity index (χ0n) is 6.75. The van der Waals surface area contributed by atoms with Crippen LogP contribution in [0.3, 0.4) is 0 Å². The molecule has 0 aromatic heterocycles. The quantitative estimate of drug-likeness (QED) is 0.588. The smallest absolute Gasteiger partial charge is 0.00145 e. The molecule has 1 aliphatic heterocycles. The van der Waals surface area contributed by atoms with Crippen LogP contribution >= 0.6 is 12.4 Å². The standard InChI is InChI=1S/C9H15N.ClH/c1-2-7-3-6(1)8-4-10-5-9(7)8;/h6-10H,1-5H2;1H/t6-,7+,8-,9+;. The van der Waals surface area contributed by atoms with Gasteiger partial charge in [-0.05, 0) is 56.0 Å². The molecular weight excluding hydrogens is 158 g/mol. The fourth-order valence-corrected chi connectivity index (χ4v) is 3.58. The fraction of sp³-hybridized carbons (Fsp3) is 1.00. The minimum atomic E-state index is 0. The molecule has 3 rings (SSSR count). The van der Waals surface area contributed by atoms with Gasteiger partial charge in [0.05, 0.1) is 0 Å². The molecule has 2 heteroatoms. The van der Waals surface area contributed by atoms with Gasteiger partial charge in [-0.25, -0.2) is 0 Å². The minimum Gasteiger partial charge on any atom is -0.316 e. The molecule has 0 aromatic carbocycles. The van der Waals surface area contributed by atoms with Crippen molar-refractivity contribution in [3.63, 3.8) is 0 Å². The maximum atomic E-state index is 3.53. The Hall–Kier alpha value is 0.250. The summed E-state index contributed by atoms with van der Waals surface area (Å²) in [5.74, 6) is 4.45. The van der Waals surface area contributed by atoms with Crippen molar-refractivity contribution >= 4 is 12.4 Å². The van der Waals surface area contributed by atoms with Crippen molar-refractivity contribution < 1.29 is 0 Å². The van der Waals surface area contributed by atoms with Crippen LogP contribution in [0, 0.1) is 23.7 Å². The maximum absolute atomic E-state index is 3.53. The molecule has 0 radical (unpaired) electrons. The Morgan fingerprint density at radius 1 is 0.909 bits per heavy atom. The maximum Gasteiger partial charge on any atom is -0.00145 e. The highest BCUT2D eigenvalue weighted by Crippen LogP contribution is 2.53. The second-order valence-electron chi connectivity index (χ2n) is 4.32. The molecule has 2 aliphatic carbocycles. The summed E-state index contributed by atoms with van der Waals surface area (Å²) in [7, 11) is 0. The summed E-state index contributed by atoms with van der Waals surface area (Å²) in [5, 5.41) is 3.53. The first-order chi connectivity index (χ1) is 4.95. The third-order valence-corrected chi connectivity index (χ3v) is 4.03. The molecule has 64 valence electrons. The Bertz CT molecular complexity index is 144. The van der Waals surface area contributed by atoms with Gasteiger partial charge in [0, 0.05) is 0 Å². The van der Waals surface area contributed by atoms with Gasteiger partial charge in [-0.1, -0.05) is 0 Å². The molecule has 0 unspecified atom stereocenters. The predicted octanol–water partition coefficient (Wildman–Crippen LogP) is 1.67. The number of hydrogen-bond acceptors (Lipinski definition) is 1. The summed E-state index contributed by atoms with van der Waals surface area (Å²) < 4.78 is 0. The lowest BCUT2D eigenvalue weighted by Gasteiger charge is -2.22. The molecular formula is C9H16ClN. The minimum absolute atomic E-state index is 0. The summed E-state index contributed by atoms with van der Waals surface area (Å²) in [6.45, 7) is 2.68. The highest BCUT2D eigenvalue weighted by atomic mass is 35.5. The first-order valence-corrected chi connectivity index (χ1v) is 4.66. The summed E-state index contributed by atoms with van der Waals surface area (Å²) in [6, 6.07) is 0. The average Bonchev–Trinajstić information content (AvgIpc) is 2.60. The number of halogens is 1. The predicted molar refractivity (Wildman–Crippen MR) is 47.9 cm³/mol. The lowest BCUT2D eigenvalue weighted by atomic mass is 9.82. The van der Waals surface area contributed by atoms with Crippen molar-refractivity contribution in [2.45, 2.75) is 19.3 Å². The van der Waals surface area contributed by atoms with Crippen molar-refractivity contribution in [3.8, 4) is 0 Å². The van der Waals surface area contributed by atoms with E-state index in [-0.39, 0.29) is 12.4 Å². The second-order valence-corrected chi connectivity index (χ2v) is 4.32. The molecule has 1 N–H and O–H groups in total. The summed E-state index contributed by atoms with van der Waals surface area (Å²) in [4.78, 5) is 0. The number of nitrogens with one attached hydrogen (secondary N) is 1. The molecule has 11 heavy (non-hydrogen) atoms. The number of rotatable bonds is 0. The Labute approximate surface area is 74.3 Å². The van der Waals surface area contributed by atoms with Gasteiger partial charge in [0.25, 0.3) is 0 Å². The zero-order chi connectivity index (χ0) is 6.55. The van der Waals surface area contributed by atoms with Gasteiger partial charge in [-0.3, -0.25) is 0 Å². The van der Waals surface area contributed by atoms with E-state index in [1.807, 2.05) is 0 Å². The molecule has 2 bridgehead atoms. The van der Waals surface area contributed by atoms with Crippen LogP contribution in [-0.2, 0) is 0 Å². The van der Waals surface area contributed by atoms with Crippen LogP contribution in [0.1, 0.15) is 19.3 Å². The molecule has 1 nitrogen and oxygen atoms in total. The van der Waals surface area contributed by atoms with Crippen molar-refractivity contribution in [1.82, 2.24) is 5.32 Å². The van der Waals surface area contributed by atoms with E-state index in [4.69, 9.17) is 0 Å². The topological polar surface area (TPSA) is 12.0 Å². The molecule has 3 aliphatic rings. The van der Waals surface area contributed by atoms with Crippen molar-refractivity contribution in [2.75, 3.05) is 13.1 Å². The van der Waals surface area contributed by atoms with E-state index in [0.717, 1.165) is 23.7 Å². The van der Waals surface area contributed by atoms with Crippen LogP contribution in [0.5, 0.6) is 0 Å². The largest absolute Gasteiger partial charge is 0.316 e. The number of hydrogen-bond donors (Lipinski definition) is 1. The first-order valence-electron chi connectivity index (χ1n) is 4.66. The Morgan fingerprint density at radius 2 is 1.45 bits per heavy atom. The highest BCUT2D eigenvalue weighted by Gasteiger charge is 2.48. The summed E-state index contributed by atoms with van der Waals surface area (Å²) in [5.41, 5.74) is 0. The molecule has 0 spiro atoms. The van der Waals surface area contributed by atoms with Gasteiger partial charge in [0.2, 0.25) is 0 Å². The van der Waals surface area contributed by atoms with Crippen molar-refractivity contribution in [2.24, 2.45) is 23.7 Å². The molecule has 4 atom stereocenters. The van der Waals surface area contributed by atoms with Crippen LogP contribution in [0.25, 0.3) is 0 Å². The molecule has 1 saturated heterocycles. The van der Waals surface area contributed by atoms with E-state index >= 15 is 0 Å². The van der Waals surface area contributed by atoms with Gasteiger partial charge in [-0.15, -0.1) is 12.4 Å². The van der Waals surface area contributed by atoms with E-state index in [1.54, 1.807) is 19.3 Å². The molecule has 2 saturated carbocycles. The van der Waals surface area contributed by atoms with E-state index < -0.39 is 0 Å². The third kappa shape index (κ3) is 0.940. The fourth-order valence-electron chi connectivity index (χ4n) is 3.58. The SMILES string of the molecule is C1C[C@H]2C[C@@H]1[C@H]1CNC[C@@H]21.Cl. The van der Waals surface area contributed by atoms with Gasteiger partial charge < -0.3 is 5.32 Å². The summed E-state index contributed by atoms with van der Waals surface area (Å²) in [6.07, 6.45) is 4.68. The van der Waals surface area contributed by atoms with Gasteiger partial charge >= 0.3 is 0 Å². The van der Waals surface area contributed by atoms with Gasteiger partial charge in [-0.2, -0.15) is 0 Å². The van der Waals surface area contributed by atoms with E-state index in [9.17, 15) is 0 Å². The van der Waals surface area contributed by atoms with Crippen molar-refractivity contribution in [1.29, 1.82) is 0 Å². The molecule has 0 aromatic rings. The van der Waals surface area contributed by atoms with Crippen LogP contribution in [0.2, 0.25) is 0 Å². The van der Waals surface area contributed by atoms with Crippen LogP contribution in [0.4, 0.5) is 0 Å². The van der Waals surface area contributed by atoms with Crippen LogP contribution in [-0.4, -0.2) is 13.1 Å². The van der Waals surface area contributed by atoms with Gasteiger partial charge in [0.15, 0.2) is 0 Å². The average molecular weight is 174 g/mol. The van der Waals surface area contributed by atoms with Crippen molar-refractivity contribution in [3.05, 3.63) is 0 Å². The summed E-state index contributed by atoms with van der Waals surface area (Å²) >= 11 is 0. The normalized spacial score (nSPS) is 52.4.